The highest BCUT2D eigenvalue weighted by Crippen LogP contribution is 2.26. The predicted molar refractivity (Wildman–Crippen MR) is 60.6 cm³/mol. The SMILES string of the molecule is CC(CO)CSc1ncc(Cl)cc1N. The highest BCUT2D eigenvalue weighted by atomic mass is 35.5. The monoisotopic (exact) mass is 232 g/mol. The van der Waals surface area contributed by atoms with E-state index in [9.17, 15) is 0 Å². The van der Waals surface area contributed by atoms with E-state index in [1.54, 1.807) is 12.3 Å². The zero-order chi connectivity index (χ0) is 10.6. The van der Waals surface area contributed by atoms with Crippen molar-refractivity contribution in [3.05, 3.63) is 17.3 Å². The molecule has 0 aromatic carbocycles. The van der Waals surface area contributed by atoms with E-state index in [1.165, 1.54) is 11.8 Å². The predicted octanol–water partition coefficient (Wildman–Crippen LogP) is 2.04. The van der Waals surface area contributed by atoms with E-state index < -0.39 is 0 Å². The molecule has 3 nitrogen and oxygen atoms in total. The molecule has 5 heteroatoms. The first-order chi connectivity index (χ1) is 6.63. The zero-order valence-electron chi connectivity index (χ0n) is 7.90. The molecule has 1 rings (SSSR count). The number of aromatic nitrogens is 1. The number of rotatable bonds is 4. The second-order valence-electron chi connectivity index (χ2n) is 3.15. The Kier molecular flexibility index (Phi) is 4.51. The van der Waals surface area contributed by atoms with Gasteiger partial charge in [0, 0.05) is 18.6 Å². The van der Waals surface area contributed by atoms with Gasteiger partial charge in [-0.1, -0.05) is 18.5 Å². The van der Waals surface area contributed by atoms with E-state index in [2.05, 4.69) is 4.98 Å². The van der Waals surface area contributed by atoms with Crippen molar-refractivity contribution >= 4 is 29.1 Å². The molecule has 0 aliphatic rings. The summed E-state index contributed by atoms with van der Waals surface area (Å²) in [6.07, 6.45) is 1.57. The van der Waals surface area contributed by atoms with E-state index in [4.69, 9.17) is 22.4 Å². The lowest BCUT2D eigenvalue weighted by atomic mass is 10.2. The van der Waals surface area contributed by atoms with Gasteiger partial charge in [0.15, 0.2) is 0 Å². The average Bonchev–Trinajstić information content (AvgIpc) is 2.16. The van der Waals surface area contributed by atoms with E-state index in [0.29, 0.717) is 10.7 Å². The Labute approximate surface area is 92.7 Å². The summed E-state index contributed by atoms with van der Waals surface area (Å²) in [7, 11) is 0. The Morgan fingerprint density at radius 1 is 1.71 bits per heavy atom. The molecule has 1 atom stereocenters. The van der Waals surface area contributed by atoms with Crippen molar-refractivity contribution in [1.29, 1.82) is 0 Å². The molecule has 1 unspecified atom stereocenters. The molecule has 3 N–H and O–H groups in total. The third-order valence-corrected chi connectivity index (χ3v) is 3.22. The lowest BCUT2D eigenvalue weighted by Gasteiger charge is -2.08. The minimum absolute atomic E-state index is 0.181. The molecule has 0 spiro atoms. The van der Waals surface area contributed by atoms with Gasteiger partial charge in [0.25, 0.3) is 0 Å². The fraction of sp³-hybridized carbons (Fsp3) is 0.444. The summed E-state index contributed by atoms with van der Waals surface area (Å²) in [5.41, 5.74) is 6.31. The molecular formula is C9H13ClN2OS. The Balaban J connectivity index is 2.59. The van der Waals surface area contributed by atoms with Crippen LogP contribution in [0.3, 0.4) is 0 Å². The molecule has 0 fully saturated rings. The second kappa shape index (κ2) is 5.44. The van der Waals surface area contributed by atoms with Crippen molar-refractivity contribution in [3.8, 4) is 0 Å². The number of aliphatic hydroxyl groups excluding tert-OH is 1. The zero-order valence-corrected chi connectivity index (χ0v) is 9.48. The van der Waals surface area contributed by atoms with Gasteiger partial charge in [0.1, 0.15) is 5.03 Å². The summed E-state index contributed by atoms with van der Waals surface area (Å²) in [6.45, 7) is 2.15. The van der Waals surface area contributed by atoms with E-state index >= 15 is 0 Å². The molecule has 1 aromatic rings. The van der Waals surface area contributed by atoms with Gasteiger partial charge >= 0.3 is 0 Å². The maximum absolute atomic E-state index is 8.84. The van der Waals surface area contributed by atoms with Crippen molar-refractivity contribution in [3.63, 3.8) is 0 Å². The highest BCUT2D eigenvalue weighted by molar-refractivity contribution is 7.99. The number of nitrogens with zero attached hydrogens (tertiary/aromatic N) is 1. The van der Waals surface area contributed by atoms with Crippen molar-refractivity contribution < 1.29 is 5.11 Å². The molecular weight excluding hydrogens is 220 g/mol. The van der Waals surface area contributed by atoms with Crippen LogP contribution < -0.4 is 5.73 Å². The van der Waals surface area contributed by atoms with Gasteiger partial charge in [-0.3, -0.25) is 0 Å². The van der Waals surface area contributed by atoms with Crippen molar-refractivity contribution in [1.82, 2.24) is 4.98 Å². The summed E-state index contributed by atoms with van der Waals surface area (Å²) in [5, 5.41) is 10.2. The minimum atomic E-state index is 0.181. The number of hydrogen-bond acceptors (Lipinski definition) is 4. The van der Waals surface area contributed by atoms with Crippen LogP contribution in [-0.4, -0.2) is 22.5 Å². The number of aliphatic hydroxyl groups is 1. The first-order valence-corrected chi connectivity index (χ1v) is 5.64. The van der Waals surface area contributed by atoms with Crippen LogP contribution in [0, 0.1) is 5.92 Å². The van der Waals surface area contributed by atoms with Gasteiger partial charge in [-0.15, -0.1) is 11.8 Å². The quantitative estimate of drug-likeness (QED) is 0.780. The lowest BCUT2D eigenvalue weighted by Crippen LogP contribution is -2.04. The van der Waals surface area contributed by atoms with Crippen LogP contribution in [0.15, 0.2) is 17.3 Å². The van der Waals surface area contributed by atoms with Gasteiger partial charge in [-0.05, 0) is 12.0 Å². The molecule has 0 aliphatic heterocycles. The Morgan fingerprint density at radius 2 is 2.43 bits per heavy atom. The third-order valence-electron chi connectivity index (χ3n) is 1.66. The van der Waals surface area contributed by atoms with Crippen molar-refractivity contribution in [2.45, 2.75) is 11.9 Å². The fourth-order valence-electron chi connectivity index (χ4n) is 0.837. The standard InChI is InChI=1S/C9H13ClN2OS/c1-6(4-13)5-14-9-8(11)2-7(10)3-12-9/h2-3,6,13H,4-5,11H2,1H3. The third kappa shape index (κ3) is 3.36. The van der Waals surface area contributed by atoms with Gasteiger partial charge < -0.3 is 10.8 Å². The second-order valence-corrected chi connectivity index (χ2v) is 4.59. The van der Waals surface area contributed by atoms with E-state index in [0.717, 1.165) is 10.8 Å². The lowest BCUT2D eigenvalue weighted by molar-refractivity contribution is 0.250. The van der Waals surface area contributed by atoms with Gasteiger partial charge in [0.2, 0.25) is 0 Å². The first kappa shape index (κ1) is 11.6. The average molecular weight is 233 g/mol. The van der Waals surface area contributed by atoms with Crippen LogP contribution in [-0.2, 0) is 0 Å². The van der Waals surface area contributed by atoms with Crippen LogP contribution in [0.25, 0.3) is 0 Å². The summed E-state index contributed by atoms with van der Waals surface area (Å²) in [5.74, 6) is 1.05. The minimum Gasteiger partial charge on any atom is -0.397 e. The summed E-state index contributed by atoms with van der Waals surface area (Å²) < 4.78 is 0. The molecule has 0 amide bonds. The smallest absolute Gasteiger partial charge is 0.119 e. The Hall–Kier alpha value is -0.450. The molecule has 0 saturated carbocycles. The summed E-state index contributed by atoms with van der Waals surface area (Å²) in [6, 6.07) is 1.68. The van der Waals surface area contributed by atoms with Crippen LogP contribution >= 0.6 is 23.4 Å². The molecule has 1 heterocycles. The van der Waals surface area contributed by atoms with Crippen molar-refractivity contribution in [2.75, 3.05) is 18.1 Å². The summed E-state index contributed by atoms with van der Waals surface area (Å²) in [4.78, 5) is 4.11. The maximum Gasteiger partial charge on any atom is 0.119 e. The topological polar surface area (TPSA) is 59.1 Å². The normalized spacial score (nSPS) is 12.8. The number of nitrogens with two attached hydrogens (primary N) is 1. The number of anilines is 1. The number of nitrogen functional groups attached to an aromatic ring is 1. The largest absolute Gasteiger partial charge is 0.397 e. The van der Waals surface area contributed by atoms with Crippen LogP contribution in [0.4, 0.5) is 5.69 Å². The molecule has 78 valence electrons. The van der Waals surface area contributed by atoms with Gasteiger partial charge in [-0.25, -0.2) is 4.98 Å². The fourth-order valence-corrected chi connectivity index (χ4v) is 1.90. The molecule has 0 aliphatic carbocycles. The number of thioether (sulfide) groups is 1. The van der Waals surface area contributed by atoms with E-state index in [-0.39, 0.29) is 12.5 Å². The Morgan fingerprint density at radius 3 is 3.00 bits per heavy atom. The Bertz CT molecular complexity index is 309. The molecule has 0 radical (unpaired) electrons. The molecule has 1 aromatic heterocycles. The van der Waals surface area contributed by atoms with E-state index in [1.807, 2.05) is 6.92 Å². The van der Waals surface area contributed by atoms with Crippen LogP contribution in [0.2, 0.25) is 5.02 Å². The highest BCUT2D eigenvalue weighted by Gasteiger charge is 2.05. The maximum atomic E-state index is 8.84. The number of pyridine rings is 1. The number of hydrogen-bond donors (Lipinski definition) is 2. The molecule has 14 heavy (non-hydrogen) atoms. The summed E-state index contributed by atoms with van der Waals surface area (Å²) >= 11 is 7.25. The van der Waals surface area contributed by atoms with Crippen LogP contribution in [0.1, 0.15) is 6.92 Å². The molecule has 0 bridgehead atoms. The van der Waals surface area contributed by atoms with Gasteiger partial charge in [0.05, 0.1) is 10.7 Å². The van der Waals surface area contributed by atoms with Gasteiger partial charge in [-0.2, -0.15) is 0 Å². The first-order valence-electron chi connectivity index (χ1n) is 4.28. The van der Waals surface area contributed by atoms with Crippen molar-refractivity contribution in [2.24, 2.45) is 5.92 Å². The van der Waals surface area contributed by atoms with Crippen LogP contribution in [0.5, 0.6) is 0 Å². The molecule has 0 saturated heterocycles. The number of halogens is 1.